The highest BCUT2D eigenvalue weighted by Gasteiger charge is 2.31. The molecule has 6 nitrogen and oxygen atoms in total. The summed E-state index contributed by atoms with van der Waals surface area (Å²) < 4.78 is 15.7. The van der Waals surface area contributed by atoms with E-state index in [0.29, 0.717) is 26.0 Å². The summed E-state index contributed by atoms with van der Waals surface area (Å²) in [6.45, 7) is 2.64. The first-order valence-electron chi connectivity index (χ1n) is 5.37. The summed E-state index contributed by atoms with van der Waals surface area (Å²) in [7, 11) is -3.99. The summed E-state index contributed by atoms with van der Waals surface area (Å²) in [5.74, 6) is -0.450. The Balaban J connectivity index is 2.47. The smallest absolute Gasteiger partial charge is 0.325 e. The first kappa shape index (κ1) is 13.6. The van der Waals surface area contributed by atoms with Crippen LogP contribution in [-0.2, 0) is 14.1 Å². The van der Waals surface area contributed by atoms with E-state index in [1.807, 2.05) is 0 Å². The van der Waals surface area contributed by atoms with Gasteiger partial charge in [-0.3, -0.25) is 9.36 Å². The molecule has 94 valence electrons. The van der Waals surface area contributed by atoms with Crippen molar-refractivity contribution >= 4 is 13.6 Å². The summed E-state index contributed by atoms with van der Waals surface area (Å²) in [6.07, 6.45) is 0.968. The quantitative estimate of drug-likeness (QED) is 0.484. The molecule has 2 atom stereocenters. The van der Waals surface area contributed by atoms with Crippen LogP contribution in [0.4, 0.5) is 0 Å². The lowest BCUT2D eigenvalue weighted by Gasteiger charge is -2.28. The molecule has 0 amide bonds. The molecule has 7 heteroatoms. The van der Waals surface area contributed by atoms with Gasteiger partial charge in [-0.25, -0.2) is 0 Å². The van der Waals surface area contributed by atoms with Crippen molar-refractivity contribution in [2.75, 3.05) is 19.3 Å². The zero-order valence-corrected chi connectivity index (χ0v) is 10.2. The van der Waals surface area contributed by atoms with Gasteiger partial charge in [0.15, 0.2) is 0 Å². The Labute approximate surface area is 94.5 Å². The molecule has 3 N–H and O–H groups in total. The van der Waals surface area contributed by atoms with E-state index < -0.39 is 13.6 Å². The van der Waals surface area contributed by atoms with Gasteiger partial charge in [0.05, 0.1) is 12.8 Å². The zero-order chi connectivity index (χ0) is 12.2. The average molecular weight is 251 g/mol. The van der Waals surface area contributed by atoms with E-state index in [1.165, 1.54) is 0 Å². The number of hydrogen-bond donors (Lipinski definition) is 3. The fraction of sp³-hybridized carbons (Fsp3) is 0.889. The highest BCUT2D eigenvalue weighted by atomic mass is 31.2. The second kappa shape index (κ2) is 5.77. The third-order valence-corrected chi connectivity index (χ3v) is 3.57. The maximum atomic E-state index is 11.4. The summed E-state index contributed by atoms with van der Waals surface area (Å²) in [6, 6.07) is -0.426. The number of rotatable bonds is 4. The van der Waals surface area contributed by atoms with Gasteiger partial charge in [-0.2, -0.15) is 0 Å². The second-order valence-electron chi connectivity index (χ2n) is 4.00. The standard InChI is InChI=1S/C9H18NO5P/c1-2-15-9(11)8-5-7(3-4-10-8)6-16(12,13)14/h7-8,10H,2-6H2,1H3,(H2,12,13,14)/t7-,8+/m1/s1. The summed E-state index contributed by atoms with van der Waals surface area (Å²) in [5, 5.41) is 2.99. The van der Waals surface area contributed by atoms with Crippen molar-refractivity contribution in [2.24, 2.45) is 5.92 Å². The van der Waals surface area contributed by atoms with E-state index in [9.17, 15) is 9.36 Å². The number of ether oxygens (including phenoxy) is 1. The van der Waals surface area contributed by atoms with Crippen molar-refractivity contribution in [1.82, 2.24) is 5.32 Å². The van der Waals surface area contributed by atoms with Crippen LogP contribution in [-0.4, -0.2) is 41.1 Å². The first-order chi connectivity index (χ1) is 7.42. The van der Waals surface area contributed by atoms with Crippen molar-refractivity contribution in [3.05, 3.63) is 0 Å². The van der Waals surface area contributed by atoms with Crippen molar-refractivity contribution in [2.45, 2.75) is 25.8 Å². The largest absolute Gasteiger partial charge is 0.465 e. The third-order valence-electron chi connectivity index (χ3n) is 2.58. The number of hydrogen-bond acceptors (Lipinski definition) is 4. The van der Waals surface area contributed by atoms with Gasteiger partial charge in [0.1, 0.15) is 6.04 Å². The Hall–Kier alpha value is -0.420. The topological polar surface area (TPSA) is 95.9 Å². The number of piperidine rings is 1. The summed E-state index contributed by atoms with van der Waals surface area (Å²) in [5.41, 5.74) is 0. The van der Waals surface area contributed by atoms with Crippen molar-refractivity contribution in [3.63, 3.8) is 0 Å². The van der Waals surface area contributed by atoms with Crippen molar-refractivity contribution in [1.29, 1.82) is 0 Å². The Bertz CT molecular complexity index is 290. The van der Waals surface area contributed by atoms with Gasteiger partial charge in [0.2, 0.25) is 0 Å². The number of nitrogens with one attached hydrogen (secondary N) is 1. The lowest BCUT2D eigenvalue weighted by Crippen LogP contribution is -2.45. The van der Waals surface area contributed by atoms with E-state index in [0.717, 1.165) is 0 Å². The maximum absolute atomic E-state index is 11.4. The minimum Gasteiger partial charge on any atom is -0.465 e. The van der Waals surface area contributed by atoms with E-state index in [-0.39, 0.29) is 18.0 Å². The normalized spacial score (nSPS) is 26.4. The van der Waals surface area contributed by atoms with Crippen LogP contribution in [0.2, 0.25) is 0 Å². The van der Waals surface area contributed by atoms with Crippen molar-refractivity contribution < 1.29 is 23.9 Å². The fourth-order valence-electron chi connectivity index (χ4n) is 1.92. The Morgan fingerprint density at radius 1 is 1.56 bits per heavy atom. The van der Waals surface area contributed by atoms with Gasteiger partial charge < -0.3 is 19.8 Å². The molecule has 1 aliphatic rings. The van der Waals surface area contributed by atoms with E-state index in [1.54, 1.807) is 6.92 Å². The summed E-state index contributed by atoms with van der Waals surface area (Å²) >= 11 is 0. The lowest BCUT2D eigenvalue weighted by atomic mass is 9.94. The highest BCUT2D eigenvalue weighted by Crippen LogP contribution is 2.39. The van der Waals surface area contributed by atoms with E-state index in [4.69, 9.17) is 14.5 Å². The Kier molecular flexibility index (Phi) is 4.92. The molecule has 1 saturated heterocycles. The van der Waals surface area contributed by atoms with Gasteiger partial charge >= 0.3 is 13.6 Å². The SMILES string of the molecule is CCOC(=O)[C@@H]1C[C@H](CP(=O)(O)O)CCN1. The predicted molar refractivity (Wildman–Crippen MR) is 58.1 cm³/mol. The molecule has 0 aliphatic carbocycles. The van der Waals surface area contributed by atoms with Crippen LogP contribution in [0.25, 0.3) is 0 Å². The summed E-state index contributed by atoms with van der Waals surface area (Å²) in [4.78, 5) is 29.2. The lowest BCUT2D eigenvalue weighted by molar-refractivity contribution is -0.146. The van der Waals surface area contributed by atoms with Gasteiger partial charge in [0.25, 0.3) is 0 Å². The van der Waals surface area contributed by atoms with Crippen LogP contribution in [0.3, 0.4) is 0 Å². The molecule has 0 unspecified atom stereocenters. The monoisotopic (exact) mass is 251 g/mol. The number of esters is 1. The molecular weight excluding hydrogens is 233 g/mol. The van der Waals surface area contributed by atoms with Crippen LogP contribution in [0.1, 0.15) is 19.8 Å². The molecule has 0 spiro atoms. The van der Waals surface area contributed by atoms with Crippen LogP contribution >= 0.6 is 7.60 Å². The molecule has 0 radical (unpaired) electrons. The third kappa shape index (κ3) is 4.61. The van der Waals surface area contributed by atoms with Gasteiger partial charge in [-0.05, 0) is 32.2 Å². The van der Waals surface area contributed by atoms with Gasteiger partial charge in [-0.15, -0.1) is 0 Å². The number of carbonyl (C=O) groups excluding carboxylic acids is 1. The maximum Gasteiger partial charge on any atom is 0.325 e. The molecule has 0 aromatic carbocycles. The highest BCUT2D eigenvalue weighted by molar-refractivity contribution is 7.51. The molecule has 1 aliphatic heterocycles. The minimum absolute atomic E-state index is 0.114. The molecule has 1 heterocycles. The van der Waals surface area contributed by atoms with Crippen LogP contribution in [0.15, 0.2) is 0 Å². The zero-order valence-electron chi connectivity index (χ0n) is 9.26. The first-order valence-corrected chi connectivity index (χ1v) is 7.16. The predicted octanol–water partition coefficient (Wildman–Crippen LogP) is 0.0954. The molecule has 16 heavy (non-hydrogen) atoms. The molecule has 1 rings (SSSR count). The number of carbonyl (C=O) groups is 1. The minimum atomic E-state index is -3.99. The average Bonchev–Trinajstić information content (AvgIpc) is 2.16. The molecule has 1 fully saturated rings. The van der Waals surface area contributed by atoms with E-state index in [2.05, 4.69) is 5.32 Å². The van der Waals surface area contributed by atoms with Crippen LogP contribution in [0.5, 0.6) is 0 Å². The second-order valence-corrected chi connectivity index (χ2v) is 5.69. The molecule has 0 saturated carbocycles. The van der Waals surface area contributed by atoms with Crippen LogP contribution < -0.4 is 5.32 Å². The Morgan fingerprint density at radius 3 is 2.81 bits per heavy atom. The molecule has 0 bridgehead atoms. The molecule has 0 aromatic rings. The fourth-order valence-corrected chi connectivity index (χ4v) is 2.93. The molecular formula is C9H18NO5P. The Morgan fingerprint density at radius 2 is 2.25 bits per heavy atom. The van der Waals surface area contributed by atoms with Crippen LogP contribution in [0, 0.1) is 5.92 Å². The van der Waals surface area contributed by atoms with E-state index >= 15 is 0 Å². The van der Waals surface area contributed by atoms with Crippen molar-refractivity contribution in [3.8, 4) is 0 Å². The van der Waals surface area contributed by atoms with Gasteiger partial charge in [0, 0.05) is 0 Å². The molecule has 0 aromatic heterocycles. The van der Waals surface area contributed by atoms with Gasteiger partial charge in [-0.1, -0.05) is 0 Å².